The van der Waals surface area contributed by atoms with Gasteiger partial charge in [0.2, 0.25) is 0 Å². The number of aliphatic carboxylic acids is 1. The van der Waals surface area contributed by atoms with Gasteiger partial charge in [-0.25, -0.2) is 4.79 Å². The Balaban J connectivity index is 2.95. The quantitative estimate of drug-likeness (QED) is 0.615. The van der Waals surface area contributed by atoms with E-state index < -0.39 is 17.1 Å². The van der Waals surface area contributed by atoms with Crippen LogP contribution in [0.4, 0.5) is 0 Å². The van der Waals surface area contributed by atoms with E-state index in [1.165, 1.54) is 0 Å². The summed E-state index contributed by atoms with van der Waals surface area (Å²) in [7, 11) is 0. The average Bonchev–Trinajstić information content (AvgIpc) is 2.15. The number of carboxylic acids is 1. The fraction of sp³-hybridized carbons (Fsp3) is 0.200. The molecular formula is C10H9ClO3. The lowest BCUT2D eigenvalue weighted by Crippen LogP contribution is -2.17. The summed E-state index contributed by atoms with van der Waals surface area (Å²) in [6.45, 7) is 1.85. The number of alkyl halides is 1. The van der Waals surface area contributed by atoms with Crippen molar-refractivity contribution in [3.05, 3.63) is 35.4 Å². The molecule has 0 aliphatic rings. The van der Waals surface area contributed by atoms with Crippen LogP contribution < -0.4 is 0 Å². The summed E-state index contributed by atoms with van der Waals surface area (Å²) in [5.41, 5.74) is 1.45. The van der Waals surface area contributed by atoms with Crippen LogP contribution in [-0.4, -0.2) is 16.9 Å². The highest BCUT2D eigenvalue weighted by Gasteiger charge is 2.23. The predicted molar refractivity (Wildman–Crippen MR) is 52.4 cm³/mol. The van der Waals surface area contributed by atoms with E-state index in [2.05, 4.69) is 0 Å². The van der Waals surface area contributed by atoms with Gasteiger partial charge in [-0.15, -0.1) is 11.6 Å². The minimum atomic E-state index is -1.51. The Labute approximate surface area is 86.3 Å². The third-order valence-corrected chi connectivity index (χ3v) is 2.23. The Morgan fingerprint density at radius 2 is 2.07 bits per heavy atom. The molecule has 0 aliphatic carbocycles. The van der Waals surface area contributed by atoms with Gasteiger partial charge < -0.3 is 5.11 Å². The Morgan fingerprint density at radius 3 is 2.57 bits per heavy atom. The molecule has 0 aliphatic heterocycles. The van der Waals surface area contributed by atoms with Gasteiger partial charge in [0, 0.05) is 0 Å². The summed E-state index contributed by atoms with van der Waals surface area (Å²) >= 11 is 5.69. The van der Waals surface area contributed by atoms with Gasteiger partial charge in [0.1, 0.15) is 5.38 Å². The molecule has 0 spiro atoms. The lowest BCUT2D eigenvalue weighted by Gasteiger charge is -2.06. The van der Waals surface area contributed by atoms with E-state index in [1.54, 1.807) is 18.2 Å². The average molecular weight is 213 g/mol. The molecule has 1 N–H and O–H groups in total. The SMILES string of the molecule is Cc1cccc(C(Cl)C(=O)C(=O)O)c1. The van der Waals surface area contributed by atoms with Crippen LogP contribution in [0.1, 0.15) is 16.5 Å². The van der Waals surface area contributed by atoms with E-state index in [0.717, 1.165) is 5.56 Å². The highest BCUT2D eigenvalue weighted by molar-refractivity contribution is 6.47. The van der Waals surface area contributed by atoms with Crippen molar-refractivity contribution < 1.29 is 14.7 Å². The van der Waals surface area contributed by atoms with Gasteiger partial charge in [-0.3, -0.25) is 4.79 Å². The first-order valence-corrected chi connectivity index (χ1v) is 4.44. The number of hydrogen-bond acceptors (Lipinski definition) is 2. The summed E-state index contributed by atoms with van der Waals surface area (Å²) in [4.78, 5) is 21.4. The van der Waals surface area contributed by atoms with Crippen molar-refractivity contribution in [3.8, 4) is 0 Å². The molecule has 0 saturated heterocycles. The molecule has 0 bridgehead atoms. The number of halogens is 1. The third-order valence-electron chi connectivity index (χ3n) is 1.78. The van der Waals surface area contributed by atoms with Gasteiger partial charge >= 0.3 is 5.97 Å². The number of benzene rings is 1. The normalized spacial score (nSPS) is 12.1. The first kappa shape index (κ1) is 10.7. The van der Waals surface area contributed by atoms with Crippen molar-refractivity contribution in [1.29, 1.82) is 0 Å². The monoisotopic (exact) mass is 212 g/mol. The zero-order valence-corrected chi connectivity index (χ0v) is 8.28. The van der Waals surface area contributed by atoms with Gasteiger partial charge in [-0.2, -0.15) is 0 Å². The molecule has 1 aromatic carbocycles. The minimum Gasteiger partial charge on any atom is -0.475 e. The van der Waals surface area contributed by atoms with Crippen molar-refractivity contribution in [2.75, 3.05) is 0 Å². The number of carbonyl (C=O) groups is 2. The lowest BCUT2D eigenvalue weighted by molar-refractivity contribution is -0.148. The molecule has 1 rings (SSSR count). The van der Waals surface area contributed by atoms with Crippen molar-refractivity contribution >= 4 is 23.4 Å². The molecule has 1 atom stereocenters. The molecule has 74 valence electrons. The summed E-state index contributed by atoms with van der Waals surface area (Å²) < 4.78 is 0. The van der Waals surface area contributed by atoms with Crippen LogP contribution in [0.5, 0.6) is 0 Å². The molecule has 0 amide bonds. The number of Topliss-reactive ketones (excluding diaryl/α,β-unsaturated/α-hetero) is 1. The van der Waals surface area contributed by atoms with Gasteiger partial charge in [-0.05, 0) is 12.5 Å². The fourth-order valence-corrected chi connectivity index (χ4v) is 1.32. The van der Waals surface area contributed by atoms with E-state index in [-0.39, 0.29) is 0 Å². The Kier molecular flexibility index (Phi) is 3.25. The zero-order chi connectivity index (χ0) is 10.7. The maximum absolute atomic E-state index is 11.0. The molecule has 0 aromatic heterocycles. The molecule has 3 nitrogen and oxygen atoms in total. The molecule has 4 heteroatoms. The third kappa shape index (κ3) is 2.33. The van der Waals surface area contributed by atoms with Crippen LogP contribution in [0, 0.1) is 6.92 Å². The van der Waals surface area contributed by atoms with Crippen LogP contribution in [-0.2, 0) is 9.59 Å². The first-order chi connectivity index (χ1) is 6.52. The number of rotatable bonds is 3. The van der Waals surface area contributed by atoms with Crippen molar-refractivity contribution in [2.45, 2.75) is 12.3 Å². The van der Waals surface area contributed by atoms with E-state index in [1.807, 2.05) is 13.0 Å². The topological polar surface area (TPSA) is 54.4 Å². The molecular weight excluding hydrogens is 204 g/mol. The van der Waals surface area contributed by atoms with Crippen LogP contribution in [0.15, 0.2) is 24.3 Å². The van der Waals surface area contributed by atoms with E-state index in [9.17, 15) is 9.59 Å². The second-order valence-electron chi connectivity index (χ2n) is 2.95. The van der Waals surface area contributed by atoms with E-state index >= 15 is 0 Å². The molecule has 0 fully saturated rings. The molecule has 1 unspecified atom stereocenters. The first-order valence-electron chi connectivity index (χ1n) is 4.00. The van der Waals surface area contributed by atoms with Crippen molar-refractivity contribution in [3.63, 3.8) is 0 Å². The fourth-order valence-electron chi connectivity index (χ4n) is 1.09. The largest absolute Gasteiger partial charge is 0.475 e. The van der Waals surface area contributed by atoms with Crippen LogP contribution in [0.25, 0.3) is 0 Å². The standard InChI is InChI=1S/C10H9ClO3/c1-6-3-2-4-7(5-6)8(11)9(12)10(13)14/h2-5,8H,1H3,(H,13,14). The predicted octanol–water partition coefficient (Wildman–Crippen LogP) is 1.93. The minimum absolute atomic E-state index is 0.513. The van der Waals surface area contributed by atoms with Gasteiger partial charge in [0.15, 0.2) is 0 Å². The Morgan fingerprint density at radius 1 is 1.43 bits per heavy atom. The van der Waals surface area contributed by atoms with E-state index in [0.29, 0.717) is 5.56 Å². The van der Waals surface area contributed by atoms with E-state index in [4.69, 9.17) is 16.7 Å². The highest BCUT2D eigenvalue weighted by atomic mass is 35.5. The van der Waals surface area contributed by atoms with Crippen molar-refractivity contribution in [1.82, 2.24) is 0 Å². The number of carbonyl (C=O) groups excluding carboxylic acids is 1. The second-order valence-corrected chi connectivity index (χ2v) is 3.38. The van der Waals surface area contributed by atoms with Gasteiger partial charge in [0.05, 0.1) is 0 Å². The summed E-state index contributed by atoms with van der Waals surface area (Å²) in [6, 6.07) is 6.90. The molecule has 14 heavy (non-hydrogen) atoms. The number of carboxylic acid groups (broad SMARTS) is 1. The maximum Gasteiger partial charge on any atom is 0.374 e. The van der Waals surface area contributed by atoms with Crippen LogP contribution in [0.3, 0.4) is 0 Å². The van der Waals surface area contributed by atoms with Crippen LogP contribution in [0.2, 0.25) is 0 Å². The Bertz CT molecular complexity index is 373. The smallest absolute Gasteiger partial charge is 0.374 e. The van der Waals surface area contributed by atoms with Gasteiger partial charge in [0.25, 0.3) is 5.78 Å². The molecule has 0 radical (unpaired) electrons. The molecule has 0 saturated carbocycles. The van der Waals surface area contributed by atoms with Crippen molar-refractivity contribution in [2.24, 2.45) is 0 Å². The second kappa shape index (κ2) is 4.24. The Hall–Kier alpha value is -1.35. The zero-order valence-electron chi connectivity index (χ0n) is 7.53. The summed E-state index contributed by atoms with van der Waals surface area (Å²) in [5, 5.41) is 7.34. The molecule has 0 heterocycles. The van der Waals surface area contributed by atoms with Gasteiger partial charge in [-0.1, -0.05) is 29.8 Å². The number of ketones is 1. The maximum atomic E-state index is 11.0. The lowest BCUT2D eigenvalue weighted by atomic mass is 10.1. The molecule has 1 aromatic rings. The number of aryl methyl sites for hydroxylation is 1. The van der Waals surface area contributed by atoms with Crippen LogP contribution >= 0.6 is 11.6 Å². The summed E-state index contributed by atoms with van der Waals surface area (Å²) in [6.07, 6.45) is 0. The number of hydrogen-bond donors (Lipinski definition) is 1. The highest BCUT2D eigenvalue weighted by Crippen LogP contribution is 2.22. The summed E-state index contributed by atoms with van der Waals surface area (Å²) in [5.74, 6) is -2.51.